The van der Waals surface area contributed by atoms with E-state index in [0.717, 1.165) is 13.0 Å². The molecule has 3 nitrogen and oxygen atoms in total. The van der Waals surface area contributed by atoms with Gasteiger partial charge in [0.1, 0.15) is 0 Å². The highest BCUT2D eigenvalue weighted by Crippen LogP contribution is 2.14. The first kappa shape index (κ1) is 6.55. The van der Waals surface area contributed by atoms with Crippen molar-refractivity contribution in [3.8, 4) is 0 Å². The topological polar surface area (TPSA) is 57.2 Å². The molecular weight excluding hydrogens is 116 g/mol. The van der Waals surface area contributed by atoms with E-state index < -0.39 is 0 Å². The molecule has 3 heteroatoms. The zero-order valence-corrected chi connectivity index (χ0v) is 5.50. The van der Waals surface area contributed by atoms with Gasteiger partial charge in [0, 0.05) is 12.6 Å². The summed E-state index contributed by atoms with van der Waals surface area (Å²) in [5, 5.41) is 4.14. The maximum absolute atomic E-state index is 10.6. The average Bonchev–Trinajstić information content (AvgIpc) is 2.13. The van der Waals surface area contributed by atoms with Crippen LogP contribution in [-0.4, -0.2) is 18.5 Å². The number of primary amides is 1. The van der Waals surface area contributed by atoms with E-state index in [2.05, 4.69) is 5.32 Å². The minimum absolute atomic E-state index is 0.00463. The number of rotatable bonds is 1. The lowest BCUT2D eigenvalue weighted by Gasteiger charge is -2.07. The lowest BCUT2D eigenvalue weighted by atomic mass is 10.0. The Morgan fingerprint density at radius 3 is 2.67 bits per heavy atom. The van der Waals surface area contributed by atoms with Crippen LogP contribution in [0.2, 0.25) is 0 Å². The van der Waals surface area contributed by atoms with E-state index in [1.165, 1.54) is 0 Å². The number of carbonyl (C=O) groups is 1. The second-order valence-electron chi connectivity index (χ2n) is 2.44. The molecule has 1 aliphatic heterocycles. The Morgan fingerprint density at radius 1 is 1.78 bits per heavy atom. The first-order chi connectivity index (χ1) is 4.22. The first-order valence-electron chi connectivity index (χ1n) is 3.17. The first-order valence-corrected chi connectivity index (χ1v) is 3.17. The number of nitrogens with zero attached hydrogens (tertiary/aromatic N) is 1. The van der Waals surface area contributed by atoms with Crippen LogP contribution >= 0.6 is 0 Å². The Labute approximate surface area is 54.6 Å². The van der Waals surface area contributed by atoms with Gasteiger partial charge in [0.25, 0.3) is 0 Å². The van der Waals surface area contributed by atoms with Gasteiger partial charge in [-0.3, -0.25) is 4.79 Å². The van der Waals surface area contributed by atoms with E-state index in [0.29, 0.717) is 0 Å². The van der Waals surface area contributed by atoms with Crippen molar-refractivity contribution in [2.75, 3.05) is 6.54 Å². The quantitative estimate of drug-likeness (QED) is 0.506. The summed E-state index contributed by atoms with van der Waals surface area (Å²) in [5.74, 6) is -0.200. The summed E-state index contributed by atoms with van der Waals surface area (Å²) in [7, 11) is 0. The van der Waals surface area contributed by atoms with Crippen molar-refractivity contribution in [3.63, 3.8) is 0 Å². The molecule has 0 aromatic heterocycles. The molecule has 2 N–H and O–H groups in total. The summed E-state index contributed by atoms with van der Waals surface area (Å²) in [6.07, 6.45) is 0.844. The Kier molecular flexibility index (Phi) is 1.71. The van der Waals surface area contributed by atoms with Crippen molar-refractivity contribution in [1.82, 2.24) is 5.32 Å². The van der Waals surface area contributed by atoms with Crippen molar-refractivity contribution in [2.24, 2.45) is 11.7 Å². The number of hydrogen-bond donors (Lipinski definition) is 1. The Morgan fingerprint density at radius 2 is 2.44 bits per heavy atom. The van der Waals surface area contributed by atoms with Gasteiger partial charge in [0.05, 0.1) is 5.92 Å². The van der Waals surface area contributed by atoms with Crippen molar-refractivity contribution < 1.29 is 4.79 Å². The molecule has 0 aromatic rings. The molecule has 1 aliphatic rings. The van der Waals surface area contributed by atoms with Gasteiger partial charge in [-0.2, -0.15) is 0 Å². The Balaban J connectivity index is 2.49. The van der Waals surface area contributed by atoms with Crippen LogP contribution in [0.4, 0.5) is 0 Å². The lowest BCUT2D eigenvalue weighted by Crippen LogP contribution is -2.30. The van der Waals surface area contributed by atoms with Crippen LogP contribution < -0.4 is 11.1 Å². The van der Waals surface area contributed by atoms with Gasteiger partial charge in [0.2, 0.25) is 5.91 Å². The molecule has 9 heavy (non-hydrogen) atoms. The summed E-state index contributed by atoms with van der Waals surface area (Å²) in [6.45, 7) is 2.73. The zero-order valence-electron chi connectivity index (χ0n) is 5.50. The molecule has 1 heterocycles. The van der Waals surface area contributed by atoms with Gasteiger partial charge in [-0.25, -0.2) is 5.32 Å². The van der Waals surface area contributed by atoms with Gasteiger partial charge >= 0.3 is 0 Å². The van der Waals surface area contributed by atoms with E-state index in [9.17, 15) is 4.79 Å². The predicted molar refractivity (Wildman–Crippen MR) is 33.8 cm³/mol. The molecule has 2 atom stereocenters. The van der Waals surface area contributed by atoms with E-state index in [-0.39, 0.29) is 17.9 Å². The van der Waals surface area contributed by atoms with Gasteiger partial charge < -0.3 is 5.73 Å². The van der Waals surface area contributed by atoms with Crippen LogP contribution in [0.3, 0.4) is 0 Å². The third-order valence-electron chi connectivity index (χ3n) is 1.80. The van der Waals surface area contributed by atoms with Crippen LogP contribution in [-0.2, 0) is 4.79 Å². The highest BCUT2D eigenvalue weighted by molar-refractivity contribution is 5.77. The third-order valence-corrected chi connectivity index (χ3v) is 1.80. The Bertz CT molecular complexity index is 124. The molecule has 0 spiro atoms. The predicted octanol–water partition coefficient (Wildman–Crippen LogP) is -0.516. The molecule has 2 unspecified atom stereocenters. The molecule has 0 bridgehead atoms. The van der Waals surface area contributed by atoms with Crippen molar-refractivity contribution in [1.29, 1.82) is 0 Å². The molecule has 1 amide bonds. The van der Waals surface area contributed by atoms with E-state index in [4.69, 9.17) is 5.73 Å². The van der Waals surface area contributed by atoms with Crippen molar-refractivity contribution in [2.45, 2.75) is 19.4 Å². The fourth-order valence-corrected chi connectivity index (χ4v) is 1.17. The molecule has 1 radical (unpaired) electrons. The molecule has 1 fully saturated rings. The van der Waals surface area contributed by atoms with Gasteiger partial charge in [-0.1, -0.05) is 0 Å². The fourth-order valence-electron chi connectivity index (χ4n) is 1.17. The standard InChI is InChI=1S/C6H11N2O/c1-4-5(6(7)9)2-3-8-4/h4-5H,2-3H2,1H3,(H2,7,9). The molecule has 0 aromatic carbocycles. The smallest absolute Gasteiger partial charge is 0.222 e. The van der Waals surface area contributed by atoms with Gasteiger partial charge in [-0.15, -0.1) is 0 Å². The maximum atomic E-state index is 10.6. The highest BCUT2D eigenvalue weighted by Gasteiger charge is 2.28. The minimum atomic E-state index is -0.205. The van der Waals surface area contributed by atoms with Gasteiger partial charge in [0.15, 0.2) is 0 Å². The summed E-state index contributed by atoms with van der Waals surface area (Å²) in [4.78, 5) is 10.6. The fraction of sp³-hybridized carbons (Fsp3) is 0.833. The second kappa shape index (κ2) is 2.35. The van der Waals surface area contributed by atoms with E-state index >= 15 is 0 Å². The van der Waals surface area contributed by atoms with Crippen LogP contribution in [0.15, 0.2) is 0 Å². The number of amides is 1. The maximum Gasteiger partial charge on any atom is 0.222 e. The molecule has 0 aliphatic carbocycles. The molecule has 1 rings (SSSR count). The van der Waals surface area contributed by atoms with Crippen LogP contribution in [0.25, 0.3) is 0 Å². The SMILES string of the molecule is CC1[N]CCC1C(N)=O. The monoisotopic (exact) mass is 127 g/mol. The number of carbonyl (C=O) groups excluding carboxylic acids is 1. The largest absolute Gasteiger partial charge is 0.369 e. The normalized spacial score (nSPS) is 34.8. The zero-order chi connectivity index (χ0) is 6.85. The van der Waals surface area contributed by atoms with Crippen LogP contribution in [0, 0.1) is 5.92 Å². The molecule has 0 saturated carbocycles. The Hall–Kier alpha value is -0.570. The summed E-state index contributed by atoms with van der Waals surface area (Å²) < 4.78 is 0. The summed E-state index contributed by atoms with van der Waals surface area (Å²) in [5.41, 5.74) is 5.09. The van der Waals surface area contributed by atoms with Gasteiger partial charge in [-0.05, 0) is 13.3 Å². The minimum Gasteiger partial charge on any atom is -0.369 e. The third kappa shape index (κ3) is 1.21. The van der Waals surface area contributed by atoms with Crippen LogP contribution in [0.5, 0.6) is 0 Å². The highest BCUT2D eigenvalue weighted by atomic mass is 16.1. The molecule has 51 valence electrons. The summed E-state index contributed by atoms with van der Waals surface area (Å²) >= 11 is 0. The van der Waals surface area contributed by atoms with Crippen molar-refractivity contribution in [3.05, 3.63) is 0 Å². The number of nitrogens with two attached hydrogens (primary N) is 1. The summed E-state index contributed by atoms with van der Waals surface area (Å²) in [6, 6.07) is 0.155. The van der Waals surface area contributed by atoms with Crippen molar-refractivity contribution >= 4 is 5.91 Å². The average molecular weight is 127 g/mol. The second-order valence-corrected chi connectivity index (χ2v) is 2.44. The van der Waals surface area contributed by atoms with E-state index in [1.54, 1.807) is 0 Å². The van der Waals surface area contributed by atoms with Crippen LogP contribution in [0.1, 0.15) is 13.3 Å². The number of hydrogen-bond acceptors (Lipinski definition) is 1. The molecular formula is C6H11N2O. The molecule has 1 saturated heterocycles. The lowest BCUT2D eigenvalue weighted by molar-refractivity contribution is -0.121. The van der Waals surface area contributed by atoms with E-state index in [1.807, 2.05) is 6.92 Å².